The summed E-state index contributed by atoms with van der Waals surface area (Å²) in [6.45, 7) is 4.61. The Hall–Kier alpha value is -1.35. The predicted molar refractivity (Wildman–Crippen MR) is 71.9 cm³/mol. The first-order valence-corrected chi connectivity index (χ1v) is 6.51. The molecule has 0 heterocycles. The van der Waals surface area contributed by atoms with E-state index in [0.29, 0.717) is 18.8 Å². The van der Waals surface area contributed by atoms with Crippen LogP contribution < -0.4 is 4.74 Å². The molecule has 1 aromatic rings. The average Bonchev–Trinajstić information content (AvgIpc) is 2.40. The first-order valence-electron chi connectivity index (χ1n) is 6.51. The van der Waals surface area contributed by atoms with E-state index in [1.54, 1.807) is 7.11 Å². The normalized spacial score (nSPS) is 12.2. The van der Waals surface area contributed by atoms with Crippen LogP contribution in [0.5, 0.6) is 5.75 Å². The third kappa shape index (κ3) is 3.84. The van der Waals surface area contributed by atoms with Gasteiger partial charge in [-0.3, -0.25) is 4.79 Å². The minimum atomic E-state index is -0.499. The zero-order chi connectivity index (χ0) is 13.4. The molecule has 1 atom stereocenters. The van der Waals surface area contributed by atoms with Crippen LogP contribution in [-0.2, 0) is 9.53 Å². The summed E-state index contributed by atoms with van der Waals surface area (Å²) in [5.74, 6) is 0.832. The summed E-state index contributed by atoms with van der Waals surface area (Å²) < 4.78 is 11.0. The number of ketones is 1. The average molecular weight is 250 g/mol. The van der Waals surface area contributed by atoms with Crippen LogP contribution in [0.4, 0.5) is 0 Å². The molecule has 0 saturated heterocycles. The van der Waals surface area contributed by atoms with Crippen molar-refractivity contribution < 1.29 is 14.3 Å². The molecule has 0 aromatic heterocycles. The second kappa shape index (κ2) is 7.88. The number of ether oxygens (including phenoxy) is 2. The molecule has 100 valence electrons. The fraction of sp³-hybridized carbons (Fsp3) is 0.533. The zero-order valence-electron chi connectivity index (χ0n) is 11.4. The molecule has 3 nitrogen and oxygen atoms in total. The van der Waals surface area contributed by atoms with Gasteiger partial charge in [-0.2, -0.15) is 0 Å². The minimum Gasteiger partial charge on any atom is -0.496 e. The van der Waals surface area contributed by atoms with E-state index in [1.807, 2.05) is 38.1 Å². The summed E-state index contributed by atoms with van der Waals surface area (Å²) in [4.78, 5) is 12.1. The maximum atomic E-state index is 12.1. The van der Waals surface area contributed by atoms with E-state index in [-0.39, 0.29) is 5.78 Å². The molecule has 0 aliphatic heterocycles. The van der Waals surface area contributed by atoms with Gasteiger partial charge in [-0.1, -0.05) is 32.0 Å². The molecule has 0 aliphatic rings. The summed E-state index contributed by atoms with van der Waals surface area (Å²) in [6.07, 6.45) is 1.76. The Bertz CT molecular complexity index is 374. The fourth-order valence-electron chi connectivity index (χ4n) is 1.85. The van der Waals surface area contributed by atoms with Crippen molar-refractivity contribution in [2.75, 3.05) is 13.7 Å². The third-order valence-corrected chi connectivity index (χ3v) is 2.70. The van der Waals surface area contributed by atoms with E-state index in [1.165, 1.54) is 0 Å². The number of Topliss-reactive ketones (excluding diaryl/α,β-unsaturated/α-hetero) is 1. The fourth-order valence-corrected chi connectivity index (χ4v) is 1.85. The molecule has 1 aromatic carbocycles. The van der Waals surface area contributed by atoms with Crippen LogP contribution in [0.15, 0.2) is 24.3 Å². The lowest BCUT2D eigenvalue weighted by molar-refractivity contribution is -0.131. The monoisotopic (exact) mass is 250 g/mol. The number of benzene rings is 1. The van der Waals surface area contributed by atoms with Crippen LogP contribution in [0.1, 0.15) is 44.8 Å². The van der Waals surface area contributed by atoms with Gasteiger partial charge in [-0.15, -0.1) is 0 Å². The van der Waals surface area contributed by atoms with Gasteiger partial charge in [0.15, 0.2) is 5.78 Å². The van der Waals surface area contributed by atoms with Crippen LogP contribution >= 0.6 is 0 Å². The van der Waals surface area contributed by atoms with Gasteiger partial charge >= 0.3 is 0 Å². The molecule has 0 saturated carbocycles. The van der Waals surface area contributed by atoms with E-state index >= 15 is 0 Å². The Balaban J connectivity index is 2.96. The van der Waals surface area contributed by atoms with Gasteiger partial charge in [0.05, 0.1) is 7.11 Å². The molecule has 0 radical (unpaired) electrons. The highest BCUT2D eigenvalue weighted by atomic mass is 16.5. The summed E-state index contributed by atoms with van der Waals surface area (Å²) in [5, 5.41) is 0. The van der Waals surface area contributed by atoms with Gasteiger partial charge in [-0.25, -0.2) is 0 Å². The van der Waals surface area contributed by atoms with Crippen molar-refractivity contribution in [3.63, 3.8) is 0 Å². The largest absolute Gasteiger partial charge is 0.496 e. The van der Waals surface area contributed by atoms with Gasteiger partial charge in [0.2, 0.25) is 0 Å². The Labute approximate surface area is 109 Å². The van der Waals surface area contributed by atoms with E-state index in [4.69, 9.17) is 9.47 Å². The number of methoxy groups -OCH3 is 1. The Morgan fingerprint density at radius 3 is 2.56 bits per heavy atom. The van der Waals surface area contributed by atoms with E-state index in [9.17, 15) is 4.79 Å². The molecule has 0 fully saturated rings. The molecule has 0 amide bonds. The van der Waals surface area contributed by atoms with Crippen molar-refractivity contribution >= 4 is 5.78 Å². The van der Waals surface area contributed by atoms with Crippen LogP contribution in [0.3, 0.4) is 0 Å². The number of rotatable bonds is 8. The topological polar surface area (TPSA) is 35.5 Å². The molecule has 0 bridgehead atoms. The molecule has 1 rings (SSSR count). The van der Waals surface area contributed by atoms with Crippen molar-refractivity contribution in [2.45, 2.75) is 39.2 Å². The Kier molecular flexibility index (Phi) is 6.44. The number of carbonyl (C=O) groups is 1. The quantitative estimate of drug-likeness (QED) is 0.708. The first kappa shape index (κ1) is 14.7. The molecular formula is C15H22O3. The van der Waals surface area contributed by atoms with Crippen molar-refractivity contribution in [3.05, 3.63) is 29.8 Å². The van der Waals surface area contributed by atoms with E-state index < -0.39 is 6.10 Å². The summed E-state index contributed by atoms with van der Waals surface area (Å²) in [7, 11) is 1.61. The smallest absolute Gasteiger partial charge is 0.166 e. The Morgan fingerprint density at radius 1 is 1.22 bits per heavy atom. The molecule has 0 aliphatic carbocycles. The Morgan fingerprint density at radius 2 is 1.94 bits per heavy atom. The summed E-state index contributed by atoms with van der Waals surface area (Å²) in [6, 6.07) is 7.55. The lowest BCUT2D eigenvalue weighted by atomic mass is 10.0. The molecule has 18 heavy (non-hydrogen) atoms. The molecule has 3 heteroatoms. The second-order valence-electron chi connectivity index (χ2n) is 4.21. The second-order valence-corrected chi connectivity index (χ2v) is 4.21. The minimum absolute atomic E-state index is 0.121. The van der Waals surface area contributed by atoms with Gasteiger partial charge in [0, 0.05) is 18.6 Å². The number of carbonyl (C=O) groups excluding carboxylic acids is 1. The van der Waals surface area contributed by atoms with Crippen LogP contribution in [0, 0.1) is 0 Å². The van der Waals surface area contributed by atoms with Gasteiger partial charge in [-0.05, 0) is 18.9 Å². The number of hydrogen-bond acceptors (Lipinski definition) is 3. The van der Waals surface area contributed by atoms with Gasteiger partial charge in [0.1, 0.15) is 11.9 Å². The number of para-hydroxylation sites is 1. The van der Waals surface area contributed by atoms with Crippen molar-refractivity contribution in [1.82, 2.24) is 0 Å². The zero-order valence-corrected chi connectivity index (χ0v) is 11.4. The maximum absolute atomic E-state index is 12.1. The SMILES string of the molecule is CCCOC(C(=O)CCC)c1ccccc1OC. The lowest BCUT2D eigenvalue weighted by Gasteiger charge is -2.19. The predicted octanol–water partition coefficient (Wildman–Crippen LogP) is 3.53. The highest BCUT2D eigenvalue weighted by molar-refractivity contribution is 5.85. The van der Waals surface area contributed by atoms with Crippen LogP contribution in [-0.4, -0.2) is 19.5 Å². The molecule has 0 N–H and O–H groups in total. The van der Waals surface area contributed by atoms with Crippen molar-refractivity contribution in [2.24, 2.45) is 0 Å². The lowest BCUT2D eigenvalue weighted by Crippen LogP contribution is -2.17. The van der Waals surface area contributed by atoms with E-state index in [0.717, 1.165) is 18.4 Å². The van der Waals surface area contributed by atoms with Gasteiger partial charge < -0.3 is 9.47 Å². The summed E-state index contributed by atoms with van der Waals surface area (Å²) in [5.41, 5.74) is 0.826. The number of hydrogen-bond donors (Lipinski definition) is 0. The van der Waals surface area contributed by atoms with Crippen LogP contribution in [0.25, 0.3) is 0 Å². The van der Waals surface area contributed by atoms with Crippen LogP contribution in [0.2, 0.25) is 0 Å². The molecular weight excluding hydrogens is 228 g/mol. The highest BCUT2D eigenvalue weighted by Crippen LogP contribution is 2.29. The van der Waals surface area contributed by atoms with Gasteiger partial charge in [0.25, 0.3) is 0 Å². The molecule has 1 unspecified atom stereocenters. The summed E-state index contributed by atoms with van der Waals surface area (Å²) >= 11 is 0. The van der Waals surface area contributed by atoms with Crippen molar-refractivity contribution in [3.8, 4) is 5.75 Å². The van der Waals surface area contributed by atoms with Crippen molar-refractivity contribution in [1.29, 1.82) is 0 Å². The maximum Gasteiger partial charge on any atom is 0.166 e. The first-order chi connectivity index (χ1) is 8.74. The third-order valence-electron chi connectivity index (χ3n) is 2.70. The highest BCUT2D eigenvalue weighted by Gasteiger charge is 2.23. The standard InChI is InChI=1S/C15H22O3/c1-4-8-13(16)15(18-11-5-2)12-9-6-7-10-14(12)17-3/h6-7,9-10,15H,4-5,8,11H2,1-3H3. The van der Waals surface area contributed by atoms with E-state index in [2.05, 4.69) is 0 Å². The molecule has 0 spiro atoms.